The molecular weight excluding hydrogens is 234 g/mol. The summed E-state index contributed by atoms with van der Waals surface area (Å²) in [5.41, 5.74) is -0.0919. The van der Waals surface area contributed by atoms with Crippen molar-refractivity contribution in [1.82, 2.24) is 5.32 Å². The lowest BCUT2D eigenvalue weighted by Crippen LogP contribution is -2.30. The SMILES string of the molecule is CC12CC(Br)=CC=C1C(=O)NC2=O. The Morgan fingerprint density at radius 3 is 2.85 bits per heavy atom. The molecule has 1 heterocycles. The highest BCUT2D eigenvalue weighted by Crippen LogP contribution is 2.42. The Morgan fingerprint density at radius 1 is 1.46 bits per heavy atom. The maximum absolute atomic E-state index is 11.5. The molecule has 0 radical (unpaired) electrons. The number of amides is 2. The number of nitrogens with one attached hydrogen (secondary N) is 1. The van der Waals surface area contributed by atoms with Gasteiger partial charge in [-0.25, -0.2) is 0 Å². The van der Waals surface area contributed by atoms with E-state index in [1.54, 1.807) is 13.0 Å². The van der Waals surface area contributed by atoms with Gasteiger partial charge in [-0.15, -0.1) is 0 Å². The summed E-state index contributed by atoms with van der Waals surface area (Å²) in [6.07, 6.45) is 4.08. The average molecular weight is 242 g/mol. The van der Waals surface area contributed by atoms with Crippen LogP contribution in [-0.4, -0.2) is 11.8 Å². The molecule has 1 N–H and O–H groups in total. The molecule has 3 nitrogen and oxygen atoms in total. The number of hydrogen-bond acceptors (Lipinski definition) is 2. The van der Waals surface area contributed by atoms with Gasteiger partial charge in [0.25, 0.3) is 5.91 Å². The van der Waals surface area contributed by atoms with Crippen molar-refractivity contribution in [2.75, 3.05) is 0 Å². The quantitative estimate of drug-likeness (QED) is 0.650. The zero-order chi connectivity index (χ0) is 9.64. The molecule has 2 rings (SSSR count). The summed E-state index contributed by atoms with van der Waals surface area (Å²) in [7, 11) is 0. The highest BCUT2D eigenvalue weighted by Gasteiger charge is 2.48. The van der Waals surface area contributed by atoms with E-state index < -0.39 is 5.41 Å². The molecule has 0 bridgehead atoms. The lowest BCUT2D eigenvalue weighted by molar-refractivity contribution is -0.128. The van der Waals surface area contributed by atoms with Gasteiger partial charge in [-0.05, 0) is 17.8 Å². The van der Waals surface area contributed by atoms with E-state index in [2.05, 4.69) is 21.2 Å². The van der Waals surface area contributed by atoms with Gasteiger partial charge in [-0.1, -0.05) is 28.1 Å². The van der Waals surface area contributed by atoms with E-state index in [9.17, 15) is 9.59 Å². The standard InChI is InChI=1S/C9H8BrNO2/c1-9-4-5(10)2-3-6(9)7(12)11-8(9)13/h2-3H,4H2,1H3,(H,11,12,13). The second-order valence-electron chi connectivity index (χ2n) is 3.49. The van der Waals surface area contributed by atoms with Crippen LogP contribution in [0.15, 0.2) is 22.2 Å². The lowest BCUT2D eigenvalue weighted by Gasteiger charge is -2.23. The number of fused-ring (bicyclic) bond motifs is 1. The van der Waals surface area contributed by atoms with Crippen LogP contribution in [0.1, 0.15) is 13.3 Å². The van der Waals surface area contributed by atoms with E-state index in [0.717, 1.165) is 4.48 Å². The van der Waals surface area contributed by atoms with Crippen LogP contribution >= 0.6 is 15.9 Å². The summed E-state index contributed by atoms with van der Waals surface area (Å²) < 4.78 is 0.948. The van der Waals surface area contributed by atoms with Crippen LogP contribution in [0, 0.1) is 5.41 Å². The molecule has 1 aliphatic heterocycles. The van der Waals surface area contributed by atoms with Crippen LogP contribution < -0.4 is 5.32 Å². The molecule has 68 valence electrons. The lowest BCUT2D eigenvalue weighted by atomic mass is 9.78. The average Bonchev–Trinajstić information content (AvgIpc) is 2.23. The van der Waals surface area contributed by atoms with Crippen molar-refractivity contribution < 1.29 is 9.59 Å². The van der Waals surface area contributed by atoms with Crippen molar-refractivity contribution in [1.29, 1.82) is 0 Å². The van der Waals surface area contributed by atoms with Gasteiger partial charge in [0.1, 0.15) is 0 Å². The molecule has 13 heavy (non-hydrogen) atoms. The fourth-order valence-electron chi connectivity index (χ4n) is 1.69. The Bertz CT molecular complexity index is 370. The first kappa shape index (κ1) is 8.69. The van der Waals surface area contributed by atoms with Gasteiger partial charge in [0, 0.05) is 5.57 Å². The Morgan fingerprint density at radius 2 is 2.15 bits per heavy atom. The van der Waals surface area contributed by atoms with Crippen molar-refractivity contribution in [3.63, 3.8) is 0 Å². The maximum atomic E-state index is 11.5. The topological polar surface area (TPSA) is 46.2 Å². The van der Waals surface area contributed by atoms with Crippen LogP contribution in [0.4, 0.5) is 0 Å². The van der Waals surface area contributed by atoms with Gasteiger partial charge in [-0.2, -0.15) is 0 Å². The molecule has 2 aliphatic rings. The Kier molecular flexibility index (Phi) is 1.70. The van der Waals surface area contributed by atoms with Crippen molar-refractivity contribution in [2.45, 2.75) is 13.3 Å². The minimum absolute atomic E-state index is 0.200. The molecule has 2 amide bonds. The highest BCUT2D eigenvalue weighted by atomic mass is 79.9. The molecule has 1 fully saturated rings. The predicted octanol–water partition coefficient (Wildman–Crippen LogP) is 1.26. The molecule has 0 aromatic rings. The first-order chi connectivity index (χ1) is 6.04. The van der Waals surface area contributed by atoms with Crippen molar-refractivity contribution in [3.05, 3.63) is 22.2 Å². The summed E-state index contributed by atoms with van der Waals surface area (Å²) in [6, 6.07) is 0. The highest BCUT2D eigenvalue weighted by molar-refractivity contribution is 9.11. The number of allylic oxidation sites excluding steroid dienone is 3. The zero-order valence-corrected chi connectivity index (χ0v) is 8.64. The Labute approximate surface area is 84.0 Å². The summed E-state index contributed by atoms with van der Waals surface area (Å²) in [4.78, 5) is 22.8. The van der Waals surface area contributed by atoms with Gasteiger partial charge in [0.05, 0.1) is 5.41 Å². The zero-order valence-electron chi connectivity index (χ0n) is 7.06. The molecule has 4 heteroatoms. The second kappa shape index (κ2) is 2.54. The monoisotopic (exact) mass is 241 g/mol. The van der Waals surface area contributed by atoms with E-state index in [1.165, 1.54) is 0 Å². The number of rotatable bonds is 0. The van der Waals surface area contributed by atoms with Gasteiger partial charge in [0.15, 0.2) is 0 Å². The van der Waals surface area contributed by atoms with Crippen LogP contribution in [0.25, 0.3) is 0 Å². The second-order valence-corrected chi connectivity index (χ2v) is 4.50. The van der Waals surface area contributed by atoms with E-state index in [0.29, 0.717) is 12.0 Å². The van der Waals surface area contributed by atoms with Crippen molar-refractivity contribution in [3.8, 4) is 0 Å². The fourth-order valence-corrected chi connectivity index (χ4v) is 2.38. The third-order valence-electron chi connectivity index (χ3n) is 2.52. The minimum atomic E-state index is -0.662. The molecule has 0 saturated carbocycles. The smallest absolute Gasteiger partial charge is 0.254 e. The van der Waals surface area contributed by atoms with E-state index >= 15 is 0 Å². The van der Waals surface area contributed by atoms with Crippen LogP contribution in [0.3, 0.4) is 0 Å². The molecule has 0 spiro atoms. The number of imide groups is 1. The summed E-state index contributed by atoms with van der Waals surface area (Å²) in [5.74, 6) is -0.461. The van der Waals surface area contributed by atoms with Crippen molar-refractivity contribution >= 4 is 27.7 Å². The van der Waals surface area contributed by atoms with Crippen LogP contribution in [0.2, 0.25) is 0 Å². The van der Waals surface area contributed by atoms with Gasteiger partial charge in [0.2, 0.25) is 5.91 Å². The van der Waals surface area contributed by atoms with Gasteiger partial charge in [-0.3, -0.25) is 14.9 Å². The summed E-state index contributed by atoms with van der Waals surface area (Å²) in [6.45, 7) is 1.79. The van der Waals surface area contributed by atoms with Crippen LogP contribution in [0.5, 0.6) is 0 Å². The third-order valence-corrected chi connectivity index (χ3v) is 3.07. The van der Waals surface area contributed by atoms with Gasteiger partial charge >= 0.3 is 0 Å². The number of carbonyl (C=O) groups excluding carboxylic acids is 2. The predicted molar refractivity (Wildman–Crippen MR) is 51.0 cm³/mol. The minimum Gasteiger partial charge on any atom is -0.292 e. The molecular formula is C9H8BrNO2. The Balaban J connectivity index is 2.53. The number of halogens is 1. The van der Waals surface area contributed by atoms with Crippen LogP contribution in [-0.2, 0) is 9.59 Å². The first-order valence-corrected chi connectivity index (χ1v) is 4.76. The maximum Gasteiger partial charge on any atom is 0.254 e. The molecule has 0 aromatic carbocycles. The van der Waals surface area contributed by atoms with E-state index in [1.807, 2.05) is 6.08 Å². The van der Waals surface area contributed by atoms with Crippen molar-refractivity contribution in [2.24, 2.45) is 5.41 Å². The fraction of sp³-hybridized carbons (Fsp3) is 0.333. The Hall–Kier alpha value is -0.900. The molecule has 1 aliphatic carbocycles. The third kappa shape index (κ3) is 1.09. The summed E-state index contributed by atoms with van der Waals surface area (Å²) in [5, 5.41) is 2.32. The molecule has 1 atom stereocenters. The normalized spacial score (nSPS) is 32.2. The summed E-state index contributed by atoms with van der Waals surface area (Å²) >= 11 is 3.33. The largest absolute Gasteiger partial charge is 0.292 e. The van der Waals surface area contributed by atoms with Gasteiger partial charge < -0.3 is 0 Å². The number of carbonyl (C=O) groups is 2. The molecule has 0 aromatic heterocycles. The number of hydrogen-bond donors (Lipinski definition) is 1. The van der Waals surface area contributed by atoms with E-state index in [-0.39, 0.29) is 11.8 Å². The molecule has 1 saturated heterocycles. The van der Waals surface area contributed by atoms with E-state index in [4.69, 9.17) is 0 Å². The molecule has 1 unspecified atom stereocenters. The first-order valence-electron chi connectivity index (χ1n) is 3.97.